The summed E-state index contributed by atoms with van der Waals surface area (Å²) in [4.78, 5) is 21.9. The van der Waals surface area contributed by atoms with Gasteiger partial charge in [-0.25, -0.2) is 4.98 Å². The minimum absolute atomic E-state index is 0.00699. The Morgan fingerprint density at radius 3 is 3.10 bits per heavy atom. The molecule has 0 amide bonds. The summed E-state index contributed by atoms with van der Waals surface area (Å²) < 4.78 is 1.63. The Hall–Kier alpha value is -1.88. The van der Waals surface area contributed by atoms with Gasteiger partial charge in [0.2, 0.25) is 0 Å². The summed E-state index contributed by atoms with van der Waals surface area (Å²) in [6, 6.07) is 6.20. The third-order valence-corrected chi connectivity index (χ3v) is 4.78. The number of hydrogen-bond acceptors (Lipinski definition) is 4. The molecule has 2 aliphatic heterocycles. The van der Waals surface area contributed by atoms with Crippen molar-refractivity contribution < 1.29 is 0 Å². The zero-order chi connectivity index (χ0) is 14.4. The molecular formula is C16H20N4O. The lowest BCUT2D eigenvalue weighted by Gasteiger charge is -2.38. The Labute approximate surface area is 123 Å². The standard InChI is InChI=1S/C16H20N4O/c1-12-4-2-7-20-15(21)10-14(17-16(12)20)19-9-8-18-6-3-5-13(18)11-19/h2,4,7,10,13H,3,5-6,8-9,11H2,1H3/t13-/m0/s1. The van der Waals surface area contributed by atoms with Crippen LogP contribution in [0.4, 0.5) is 5.82 Å². The van der Waals surface area contributed by atoms with Gasteiger partial charge in [0.05, 0.1) is 0 Å². The predicted molar refractivity (Wildman–Crippen MR) is 83.0 cm³/mol. The SMILES string of the molecule is Cc1cccn2c(=O)cc(N3CCN4CCC[C@H]4C3)nc12. The maximum absolute atomic E-state index is 12.3. The maximum Gasteiger partial charge on any atom is 0.259 e. The zero-order valence-corrected chi connectivity index (χ0v) is 12.3. The van der Waals surface area contributed by atoms with Crippen molar-refractivity contribution in [2.24, 2.45) is 0 Å². The lowest BCUT2D eigenvalue weighted by atomic mass is 10.1. The molecule has 5 heteroatoms. The van der Waals surface area contributed by atoms with E-state index in [-0.39, 0.29) is 5.56 Å². The summed E-state index contributed by atoms with van der Waals surface area (Å²) in [7, 11) is 0. The normalized spacial score (nSPS) is 22.7. The van der Waals surface area contributed by atoms with E-state index in [0.717, 1.165) is 36.7 Å². The first-order valence-electron chi connectivity index (χ1n) is 7.70. The number of aryl methyl sites for hydroxylation is 1. The smallest absolute Gasteiger partial charge is 0.259 e. The highest BCUT2D eigenvalue weighted by Crippen LogP contribution is 2.24. The van der Waals surface area contributed by atoms with Crippen LogP contribution in [-0.4, -0.2) is 46.5 Å². The summed E-state index contributed by atoms with van der Waals surface area (Å²) in [5, 5.41) is 0. The molecule has 4 rings (SSSR count). The molecule has 4 heterocycles. The molecule has 2 fully saturated rings. The molecule has 0 unspecified atom stereocenters. The van der Waals surface area contributed by atoms with Gasteiger partial charge < -0.3 is 4.90 Å². The van der Waals surface area contributed by atoms with Crippen LogP contribution in [0.1, 0.15) is 18.4 Å². The van der Waals surface area contributed by atoms with Gasteiger partial charge in [0.25, 0.3) is 5.56 Å². The molecule has 2 aliphatic rings. The fourth-order valence-corrected chi connectivity index (χ4v) is 3.61. The van der Waals surface area contributed by atoms with Gasteiger partial charge in [0, 0.05) is 37.9 Å². The minimum atomic E-state index is 0.00699. The van der Waals surface area contributed by atoms with E-state index >= 15 is 0 Å². The molecule has 110 valence electrons. The second-order valence-electron chi connectivity index (χ2n) is 6.12. The third kappa shape index (κ3) is 2.12. The predicted octanol–water partition coefficient (Wildman–Crippen LogP) is 1.29. The Morgan fingerprint density at radius 1 is 1.29 bits per heavy atom. The Balaban J connectivity index is 1.73. The molecule has 2 aromatic rings. The van der Waals surface area contributed by atoms with E-state index in [2.05, 4.69) is 9.80 Å². The monoisotopic (exact) mass is 284 g/mol. The second kappa shape index (κ2) is 4.84. The first kappa shape index (κ1) is 12.8. The van der Waals surface area contributed by atoms with Crippen molar-refractivity contribution in [2.45, 2.75) is 25.8 Å². The average molecular weight is 284 g/mol. The second-order valence-corrected chi connectivity index (χ2v) is 6.12. The zero-order valence-electron chi connectivity index (χ0n) is 12.3. The van der Waals surface area contributed by atoms with Crippen LogP contribution in [0.15, 0.2) is 29.2 Å². The topological polar surface area (TPSA) is 40.9 Å². The van der Waals surface area contributed by atoms with Gasteiger partial charge in [-0.15, -0.1) is 0 Å². The van der Waals surface area contributed by atoms with Gasteiger partial charge in [-0.2, -0.15) is 0 Å². The maximum atomic E-state index is 12.3. The number of aromatic nitrogens is 2. The van der Waals surface area contributed by atoms with Crippen molar-refractivity contribution in [1.82, 2.24) is 14.3 Å². The molecule has 2 saturated heterocycles. The highest BCUT2D eigenvalue weighted by molar-refractivity contribution is 5.53. The molecule has 2 aromatic heterocycles. The van der Waals surface area contributed by atoms with Crippen molar-refractivity contribution in [3.05, 3.63) is 40.3 Å². The number of hydrogen-bond donors (Lipinski definition) is 0. The fourth-order valence-electron chi connectivity index (χ4n) is 3.61. The number of nitrogens with zero attached hydrogens (tertiary/aromatic N) is 4. The Bertz CT molecular complexity index is 739. The van der Waals surface area contributed by atoms with E-state index in [0.29, 0.717) is 6.04 Å². The van der Waals surface area contributed by atoms with E-state index in [4.69, 9.17) is 4.98 Å². The van der Waals surface area contributed by atoms with E-state index in [1.54, 1.807) is 16.7 Å². The number of rotatable bonds is 1. The molecule has 0 spiro atoms. The quantitative estimate of drug-likeness (QED) is 0.791. The molecule has 1 atom stereocenters. The first-order chi connectivity index (χ1) is 10.2. The molecule has 5 nitrogen and oxygen atoms in total. The van der Waals surface area contributed by atoms with E-state index in [1.165, 1.54) is 19.4 Å². The van der Waals surface area contributed by atoms with Gasteiger partial charge in [-0.1, -0.05) is 6.07 Å². The van der Waals surface area contributed by atoms with Crippen LogP contribution < -0.4 is 10.5 Å². The summed E-state index contributed by atoms with van der Waals surface area (Å²) in [5.41, 5.74) is 1.82. The van der Waals surface area contributed by atoms with Gasteiger partial charge in [-0.3, -0.25) is 14.1 Å². The van der Waals surface area contributed by atoms with E-state index in [1.807, 2.05) is 19.1 Å². The average Bonchev–Trinajstić information content (AvgIpc) is 2.95. The number of anilines is 1. The lowest BCUT2D eigenvalue weighted by molar-refractivity contribution is 0.230. The van der Waals surface area contributed by atoms with Crippen LogP contribution in [-0.2, 0) is 0 Å². The third-order valence-electron chi connectivity index (χ3n) is 4.78. The van der Waals surface area contributed by atoms with Gasteiger partial charge in [0.1, 0.15) is 11.5 Å². The van der Waals surface area contributed by atoms with Crippen LogP contribution in [0, 0.1) is 6.92 Å². The number of fused-ring (bicyclic) bond motifs is 2. The van der Waals surface area contributed by atoms with E-state index in [9.17, 15) is 4.79 Å². The van der Waals surface area contributed by atoms with Crippen molar-refractivity contribution in [2.75, 3.05) is 31.1 Å². The molecule has 0 N–H and O–H groups in total. The van der Waals surface area contributed by atoms with Crippen molar-refractivity contribution >= 4 is 11.5 Å². The van der Waals surface area contributed by atoms with Gasteiger partial charge in [-0.05, 0) is 37.9 Å². The molecule has 21 heavy (non-hydrogen) atoms. The molecule has 0 radical (unpaired) electrons. The van der Waals surface area contributed by atoms with Crippen LogP contribution in [0.2, 0.25) is 0 Å². The largest absolute Gasteiger partial charge is 0.354 e. The van der Waals surface area contributed by atoms with Gasteiger partial charge >= 0.3 is 0 Å². The summed E-state index contributed by atoms with van der Waals surface area (Å²) >= 11 is 0. The fraction of sp³-hybridized carbons (Fsp3) is 0.500. The molecule has 0 saturated carbocycles. The molecule has 0 aliphatic carbocycles. The minimum Gasteiger partial charge on any atom is -0.354 e. The van der Waals surface area contributed by atoms with Gasteiger partial charge in [0.15, 0.2) is 0 Å². The molecule has 0 bridgehead atoms. The molecule has 0 aromatic carbocycles. The molecular weight excluding hydrogens is 264 g/mol. The lowest BCUT2D eigenvalue weighted by Crippen LogP contribution is -2.50. The van der Waals surface area contributed by atoms with Crippen LogP contribution in [0.3, 0.4) is 0 Å². The summed E-state index contributed by atoms with van der Waals surface area (Å²) in [6.45, 7) is 6.27. The highest BCUT2D eigenvalue weighted by Gasteiger charge is 2.31. The summed E-state index contributed by atoms with van der Waals surface area (Å²) in [5.74, 6) is 0.834. The van der Waals surface area contributed by atoms with Crippen molar-refractivity contribution in [3.63, 3.8) is 0 Å². The highest BCUT2D eigenvalue weighted by atomic mass is 16.1. The van der Waals surface area contributed by atoms with Crippen LogP contribution in [0.5, 0.6) is 0 Å². The van der Waals surface area contributed by atoms with E-state index < -0.39 is 0 Å². The Kier molecular flexibility index (Phi) is 2.96. The summed E-state index contributed by atoms with van der Waals surface area (Å²) in [6.07, 6.45) is 4.35. The first-order valence-corrected chi connectivity index (χ1v) is 7.70. The number of pyridine rings is 1. The van der Waals surface area contributed by atoms with Crippen LogP contribution >= 0.6 is 0 Å². The Morgan fingerprint density at radius 2 is 2.19 bits per heavy atom. The number of piperazine rings is 1. The van der Waals surface area contributed by atoms with Crippen molar-refractivity contribution in [1.29, 1.82) is 0 Å². The van der Waals surface area contributed by atoms with Crippen LogP contribution in [0.25, 0.3) is 5.65 Å². The van der Waals surface area contributed by atoms with Crippen molar-refractivity contribution in [3.8, 4) is 0 Å².